The van der Waals surface area contributed by atoms with Crippen molar-refractivity contribution in [3.63, 3.8) is 0 Å². The third-order valence-corrected chi connectivity index (χ3v) is 4.51. The molecule has 1 aromatic heterocycles. The van der Waals surface area contributed by atoms with Gasteiger partial charge in [-0.2, -0.15) is 0 Å². The molecule has 1 aliphatic rings. The Kier molecular flexibility index (Phi) is 2.14. The van der Waals surface area contributed by atoms with Gasteiger partial charge in [0.15, 0.2) is 21.9 Å². The molecule has 2 rings (SSSR count). The summed E-state index contributed by atoms with van der Waals surface area (Å²) in [4.78, 5) is 10.3. The van der Waals surface area contributed by atoms with E-state index in [2.05, 4.69) is 5.16 Å². The summed E-state index contributed by atoms with van der Waals surface area (Å²) in [6, 6.07) is 1.39. The summed E-state index contributed by atoms with van der Waals surface area (Å²) in [5, 5.41) is 2.83. The Hall–Kier alpha value is -1.17. The van der Waals surface area contributed by atoms with Crippen molar-refractivity contribution in [2.24, 2.45) is 0 Å². The number of hydrogen-bond acceptors (Lipinski definition) is 5. The van der Waals surface area contributed by atoms with Gasteiger partial charge in [0, 0.05) is 6.07 Å². The van der Waals surface area contributed by atoms with Crippen molar-refractivity contribution in [2.75, 3.05) is 5.75 Å². The summed E-state index contributed by atoms with van der Waals surface area (Å²) in [6.07, 6.45) is 1.73. The molecule has 0 saturated carbocycles. The summed E-state index contributed by atoms with van der Waals surface area (Å²) in [5.74, 6) is 0.471. The molecule has 76 valence electrons. The predicted octanol–water partition coefficient (Wildman–Crippen LogP) is 0.737. The van der Waals surface area contributed by atoms with Gasteiger partial charge in [-0.25, -0.2) is 8.42 Å². The topological polar surface area (TPSA) is 77.2 Å². The molecule has 2 heterocycles. The quantitative estimate of drug-likeness (QED) is 0.680. The number of carbonyl (C=O) groups excluding carboxylic acids is 1. The standard InChI is InChI=1S/C8H9NO4S/c10-5-6-4-7(13-9-6)8-2-1-3-14(8,11)12/h4-5,8H,1-3H2. The second kappa shape index (κ2) is 3.20. The predicted molar refractivity (Wildman–Crippen MR) is 47.7 cm³/mol. The first-order valence-electron chi connectivity index (χ1n) is 4.27. The maximum absolute atomic E-state index is 11.5. The number of hydrogen-bond donors (Lipinski definition) is 0. The zero-order chi connectivity index (χ0) is 10.2. The first kappa shape index (κ1) is 9.39. The summed E-state index contributed by atoms with van der Waals surface area (Å²) in [5.41, 5.74) is 0.141. The van der Waals surface area contributed by atoms with Crippen LogP contribution in [0.15, 0.2) is 10.6 Å². The molecule has 1 fully saturated rings. The lowest BCUT2D eigenvalue weighted by Gasteiger charge is -2.02. The number of aromatic nitrogens is 1. The normalized spacial score (nSPS) is 25.0. The average Bonchev–Trinajstić information content (AvgIpc) is 2.70. The van der Waals surface area contributed by atoms with E-state index in [-0.39, 0.29) is 17.2 Å². The number of sulfone groups is 1. The highest BCUT2D eigenvalue weighted by Crippen LogP contribution is 2.34. The van der Waals surface area contributed by atoms with Gasteiger partial charge < -0.3 is 4.52 Å². The molecular formula is C8H9NO4S. The largest absolute Gasteiger partial charge is 0.359 e. The Morgan fingerprint density at radius 2 is 2.36 bits per heavy atom. The van der Waals surface area contributed by atoms with Gasteiger partial charge in [0.05, 0.1) is 5.75 Å². The number of nitrogens with zero attached hydrogens (tertiary/aromatic N) is 1. The van der Waals surface area contributed by atoms with Crippen LogP contribution in [0.25, 0.3) is 0 Å². The zero-order valence-corrected chi connectivity index (χ0v) is 8.16. The number of aldehydes is 1. The van der Waals surface area contributed by atoms with Gasteiger partial charge in [-0.1, -0.05) is 5.16 Å². The van der Waals surface area contributed by atoms with E-state index in [9.17, 15) is 13.2 Å². The van der Waals surface area contributed by atoms with Crippen molar-refractivity contribution in [3.8, 4) is 0 Å². The van der Waals surface area contributed by atoms with Crippen LogP contribution in [0.2, 0.25) is 0 Å². The highest BCUT2D eigenvalue weighted by Gasteiger charge is 2.35. The highest BCUT2D eigenvalue weighted by atomic mass is 32.2. The lowest BCUT2D eigenvalue weighted by molar-refractivity contribution is 0.111. The van der Waals surface area contributed by atoms with Crippen molar-refractivity contribution in [2.45, 2.75) is 18.1 Å². The minimum atomic E-state index is -3.08. The second-order valence-corrected chi connectivity index (χ2v) is 5.57. The Morgan fingerprint density at radius 1 is 1.57 bits per heavy atom. The molecule has 0 N–H and O–H groups in total. The van der Waals surface area contributed by atoms with E-state index >= 15 is 0 Å². The SMILES string of the molecule is O=Cc1cc(C2CCCS2(=O)=O)on1. The first-order chi connectivity index (χ1) is 6.63. The molecule has 1 aliphatic heterocycles. The molecule has 0 amide bonds. The molecule has 1 saturated heterocycles. The Morgan fingerprint density at radius 3 is 2.86 bits per heavy atom. The zero-order valence-electron chi connectivity index (χ0n) is 7.34. The van der Waals surface area contributed by atoms with Crippen molar-refractivity contribution >= 4 is 16.1 Å². The molecule has 0 aromatic carbocycles. The summed E-state index contributed by atoms with van der Waals surface area (Å²) < 4.78 is 27.8. The Balaban J connectivity index is 2.35. The molecule has 0 radical (unpaired) electrons. The van der Waals surface area contributed by atoms with Crippen LogP contribution in [-0.2, 0) is 9.84 Å². The van der Waals surface area contributed by atoms with Crippen LogP contribution >= 0.6 is 0 Å². The minimum absolute atomic E-state index is 0.141. The van der Waals surface area contributed by atoms with E-state index < -0.39 is 15.1 Å². The van der Waals surface area contributed by atoms with E-state index in [1.165, 1.54) is 6.07 Å². The molecule has 14 heavy (non-hydrogen) atoms. The van der Waals surface area contributed by atoms with Gasteiger partial charge in [-0.15, -0.1) is 0 Å². The molecule has 0 spiro atoms. The minimum Gasteiger partial charge on any atom is -0.359 e. The van der Waals surface area contributed by atoms with Crippen molar-refractivity contribution in [3.05, 3.63) is 17.5 Å². The number of rotatable bonds is 2. The van der Waals surface area contributed by atoms with Crippen LogP contribution in [0.1, 0.15) is 34.3 Å². The van der Waals surface area contributed by atoms with E-state index in [4.69, 9.17) is 4.52 Å². The van der Waals surface area contributed by atoms with Crippen LogP contribution in [0.5, 0.6) is 0 Å². The number of carbonyl (C=O) groups is 1. The monoisotopic (exact) mass is 215 g/mol. The third-order valence-electron chi connectivity index (χ3n) is 2.31. The van der Waals surface area contributed by atoms with Crippen LogP contribution in [0, 0.1) is 0 Å². The van der Waals surface area contributed by atoms with Gasteiger partial charge in [-0.3, -0.25) is 4.79 Å². The van der Waals surface area contributed by atoms with Crippen molar-refractivity contribution < 1.29 is 17.7 Å². The maximum atomic E-state index is 11.5. The molecule has 0 bridgehead atoms. The highest BCUT2D eigenvalue weighted by molar-refractivity contribution is 7.91. The van der Waals surface area contributed by atoms with E-state index in [1.807, 2.05) is 0 Å². The van der Waals surface area contributed by atoms with Crippen LogP contribution in [-0.4, -0.2) is 25.6 Å². The van der Waals surface area contributed by atoms with Crippen LogP contribution in [0.3, 0.4) is 0 Å². The summed E-state index contributed by atoms with van der Waals surface area (Å²) >= 11 is 0. The maximum Gasteiger partial charge on any atom is 0.171 e. The van der Waals surface area contributed by atoms with Gasteiger partial charge in [-0.05, 0) is 12.8 Å². The fraction of sp³-hybridized carbons (Fsp3) is 0.500. The van der Waals surface area contributed by atoms with Crippen LogP contribution in [0.4, 0.5) is 0 Å². The molecule has 1 atom stereocenters. The fourth-order valence-electron chi connectivity index (χ4n) is 1.62. The first-order valence-corrected chi connectivity index (χ1v) is 5.98. The fourth-order valence-corrected chi connectivity index (χ4v) is 3.47. The van der Waals surface area contributed by atoms with E-state index in [1.54, 1.807) is 0 Å². The van der Waals surface area contributed by atoms with Gasteiger partial charge in [0.25, 0.3) is 0 Å². The van der Waals surface area contributed by atoms with Gasteiger partial charge in [0.1, 0.15) is 10.9 Å². The van der Waals surface area contributed by atoms with Crippen LogP contribution < -0.4 is 0 Å². The van der Waals surface area contributed by atoms with E-state index in [0.717, 1.165) is 0 Å². The van der Waals surface area contributed by atoms with Gasteiger partial charge >= 0.3 is 0 Å². The molecule has 1 unspecified atom stereocenters. The average molecular weight is 215 g/mol. The van der Waals surface area contributed by atoms with E-state index in [0.29, 0.717) is 19.1 Å². The van der Waals surface area contributed by atoms with Crippen molar-refractivity contribution in [1.29, 1.82) is 0 Å². The second-order valence-electron chi connectivity index (χ2n) is 3.27. The summed E-state index contributed by atoms with van der Waals surface area (Å²) in [6.45, 7) is 0. The third kappa shape index (κ3) is 1.45. The molecule has 0 aliphatic carbocycles. The Bertz CT molecular complexity index is 448. The lowest BCUT2D eigenvalue weighted by Crippen LogP contribution is -2.06. The molecular weight excluding hydrogens is 206 g/mol. The lowest BCUT2D eigenvalue weighted by atomic mass is 10.2. The van der Waals surface area contributed by atoms with Gasteiger partial charge in [0.2, 0.25) is 0 Å². The molecule has 1 aromatic rings. The molecule has 6 heteroatoms. The summed E-state index contributed by atoms with van der Waals surface area (Å²) in [7, 11) is -3.08. The Labute approximate surface area is 81.0 Å². The smallest absolute Gasteiger partial charge is 0.171 e. The van der Waals surface area contributed by atoms with Crippen molar-refractivity contribution in [1.82, 2.24) is 5.16 Å². The molecule has 5 nitrogen and oxygen atoms in total.